The fourth-order valence-electron chi connectivity index (χ4n) is 6.48. The number of piperidine rings is 1. The first-order valence-electron chi connectivity index (χ1n) is 15.4. The zero-order chi connectivity index (χ0) is 32.4. The molecule has 9 nitrogen and oxygen atoms in total. The first-order valence-corrected chi connectivity index (χ1v) is 17.4. The van der Waals surface area contributed by atoms with Gasteiger partial charge in [-0.3, -0.25) is 9.80 Å². The molecular weight excluding hydrogens is 634 g/mol. The van der Waals surface area contributed by atoms with Crippen LogP contribution in [0.25, 0.3) is 21.1 Å². The summed E-state index contributed by atoms with van der Waals surface area (Å²) < 4.78 is 54.8. The molecule has 1 unspecified atom stereocenters. The van der Waals surface area contributed by atoms with Gasteiger partial charge in [0.15, 0.2) is 0 Å². The summed E-state index contributed by atoms with van der Waals surface area (Å²) in [6.45, 7) is 13.0. The molecule has 4 aromatic rings. The Morgan fingerprint density at radius 1 is 1.09 bits per heavy atom. The highest BCUT2D eigenvalue weighted by molar-refractivity contribution is 7.85. The van der Waals surface area contributed by atoms with Gasteiger partial charge in [-0.05, 0) is 49.1 Å². The Morgan fingerprint density at radius 2 is 1.85 bits per heavy atom. The number of piperazine rings is 1. The van der Waals surface area contributed by atoms with E-state index in [4.69, 9.17) is 0 Å². The van der Waals surface area contributed by atoms with E-state index in [1.54, 1.807) is 6.07 Å². The molecule has 2 fully saturated rings. The van der Waals surface area contributed by atoms with Crippen LogP contribution in [-0.4, -0.2) is 90.9 Å². The van der Waals surface area contributed by atoms with Gasteiger partial charge in [0.05, 0.1) is 11.8 Å². The number of anilines is 1. The predicted octanol–water partition coefficient (Wildman–Crippen LogP) is 5.43. The van der Waals surface area contributed by atoms with Crippen LogP contribution in [0.5, 0.6) is 0 Å². The van der Waals surface area contributed by atoms with E-state index in [-0.39, 0.29) is 10.9 Å². The highest BCUT2D eigenvalue weighted by atomic mass is 32.2. The molecule has 0 amide bonds. The van der Waals surface area contributed by atoms with Crippen LogP contribution >= 0.6 is 11.3 Å². The number of nitrogens with one attached hydrogen (secondary N) is 1. The summed E-state index contributed by atoms with van der Waals surface area (Å²) in [5, 5.41) is 16.6. The van der Waals surface area contributed by atoms with Crippen LogP contribution in [0.2, 0.25) is 0 Å². The third-order valence-corrected chi connectivity index (χ3v) is 11.2. The van der Waals surface area contributed by atoms with Crippen LogP contribution in [0.3, 0.4) is 0 Å². The number of aromatic nitrogens is 3. The van der Waals surface area contributed by atoms with Gasteiger partial charge in [0, 0.05) is 86.1 Å². The molecule has 0 saturated carbocycles. The maximum absolute atomic E-state index is 12.9. The van der Waals surface area contributed by atoms with Gasteiger partial charge < -0.3 is 9.88 Å². The summed E-state index contributed by atoms with van der Waals surface area (Å²) in [6.07, 6.45) is -2.03. The Hall–Kier alpha value is -3.35. The molecular formula is C32H37F3N8OS2. The molecule has 6 rings (SSSR count). The molecule has 0 aliphatic carbocycles. The molecule has 3 aromatic heterocycles. The molecule has 1 aromatic carbocycles. The lowest BCUT2D eigenvalue weighted by atomic mass is 10.0. The van der Waals surface area contributed by atoms with E-state index >= 15 is 0 Å². The number of hydrogen-bond donors (Lipinski definition) is 1. The molecule has 0 spiro atoms. The number of alkyl halides is 3. The zero-order valence-electron chi connectivity index (χ0n) is 25.7. The van der Waals surface area contributed by atoms with Crippen molar-refractivity contribution in [1.29, 1.82) is 5.26 Å². The molecule has 14 heteroatoms. The molecule has 1 atom stereocenters. The van der Waals surface area contributed by atoms with Gasteiger partial charge in [0.1, 0.15) is 39.7 Å². The molecule has 46 heavy (non-hydrogen) atoms. The Morgan fingerprint density at radius 3 is 2.54 bits per heavy atom. The lowest BCUT2D eigenvalue weighted by Crippen LogP contribution is -2.47. The third-order valence-electron chi connectivity index (χ3n) is 9.03. The second-order valence-corrected chi connectivity index (χ2v) is 14.4. The summed E-state index contributed by atoms with van der Waals surface area (Å²) in [5.74, 6) is 0.596. The predicted molar refractivity (Wildman–Crippen MR) is 177 cm³/mol. The average Bonchev–Trinajstić information content (AvgIpc) is 3.62. The normalized spacial score (nSPS) is 18.2. The molecule has 2 aliphatic rings. The van der Waals surface area contributed by atoms with E-state index < -0.39 is 23.6 Å². The summed E-state index contributed by atoms with van der Waals surface area (Å²) in [5.41, 5.74) is 4.14. The van der Waals surface area contributed by atoms with E-state index in [1.807, 2.05) is 10.4 Å². The molecule has 0 bridgehead atoms. The number of nitrogens with zero attached hydrogens (tertiary/aromatic N) is 7. The van der Waals surface area contributed by atoms with Crippen LogP contribution in [0.1, 0.15) is 34.5 Å². The Balaban J connectivity index is 1.06. The van der Waals surface area contributed by atoms with Crippen molar-refractivity contribution in [3.63, 3.8) is 0 Å². The van der Waals surface area contributed by atoms with Crippen molar-refractivity contribution < 1.29 is 17.4 Å². The second-order valence-electron chi connectivity index (χ2n) is 11.9. The van der Waals surface area contributed by atoms with E-state index in [9.17, 15) is 22.6 Å². The van der Waals surface area contributed by atoms with Gasteiger partial charge in [-0.1, -0.05) is 12.6 Å². The average molecular weight is 671 g/mol. The topological polar surface area (TPSA) is 93.3 Å². The number of nitriles is 1. The lowest BCUT2D eigenvalue weighted by molar-refractivity contribution is -0.126. The van der Waals surface area contributed by atoms with Crippen molar-refractivity contribution in [1.82, 2.24) is 28.6 Å². The maximum atomic E-state index is 12.9. The number of likely N-dealkylation sites (tertiary alicyclic amines) is 1. The molecule has 244 valence electrons. The van der Waals surface area contributed by atoms with Crippen LogP contribution < -0.4 is 5.32 Å². The SMILES string of the molecule is C=CS(=O)N1CCN(CCn2c(C#N)cc3c(C)c(CN4CCC(Nc5ncnc6sc(CC(F)(F)F)cc56)CC4)ccc32)CC1. The Bertz CT molecular complexity index is 1780. The number of thiophene rings is 1. The number of hydrogen-bond acceptors (Lipinski definition) is 8. The molecule has 2 aliphatic heterocycles. The first kappa shape index (κ1) is 32.6. The quantitative estimate of drug-likeness (QED) is 0.241. The summed E-state index contributed by atoms with van der Waals surface area (Å²) >= 11 is 1.06. The number of aryl methyl sites for hydroxylation is 1. The number of halogens is 3. The van der Waals surface area contributed by atoms with E-state index in [1.165, 1.54) is 22.9 Å². The number of rotatable bonds is 10. The van der Waals surface area contributed by atoms with Gasteiger partial charge >= 0.3 is 6.18 Å². The van der Waals surface area contributed by atoms with Gasteiger partial charge in [-0.15, -0.1) is 11.3 Å². The highest BCUT2D eigenvalue weighted by Gasteiger charge is 2.29. The fourth-order valence-corrected chi connectivity index (χ4v) is 8.24. The summed E-state index contributed by atoms with van der Waals surface area (Å²) in [7, 11) is -1.13. The van der Waals surface area contributed by atoms with E-state index in [0.717, 1.165) is 87.4 Å². The van der Waals surface area contributed by atoms with Crippen LogP contribution in [0.4, 0.5) is 19.0 Å². The Labute approximate surface area is 272 Å². The molecule has 1 N–H and O–H groups in total. The van der Waals surface area contributed by atoms with Crippen molar-refractivity contribution in [3.8, 4) is 6.07 Å². The minimum atomic E-state index is -4.26. The van der Waals surface area contributed by atoms with Gasteiger partial charge in [0.2, 0.25) is 0 Å². The maximum Gasteiger partial charge on any atom is 0.393 e. The van der Waals surface area contributed by atoms with E-state index in [2.05, 4.69) is 61.4 Å². The molecule has 0 radical (unpaired) electrons. The van der Waals surface area contributed by atoms with Gasteiger partial charge in [-0.25, -0.2) is 18.5 Å². The van der Waals surface area contributed by atoms with Crippen molar-refractivity contribution in [2.24, 2.45) is 0 Å². The highest BCUT2D eigenvalue weighted by Crippen LogP contribution is 2.33. The van der Waals surface area contributed by atoms with Gasteiger partial charge in [0.25, 0.3) is 0 Å². The summed E-state index contributed by atoms with van der Waals surface area (Å²) in [4.78, 5) is 14.1. The first-order chi connectivity index (χ1) is 22.1. The zero-order valence-corrected chi connectivity index (χ0v) is 27.4. The smallest absolute Gasteiger partial charge is 0.367 e. The minimum Gasteiger partial charge on any atom is -0.367 e. The Kier molecular flexibility index (Phi) is 9.77. The van der Waals surface area contributed by atoms with Gasteiger partial charge in [-0.2, -0.15) is 18.4 Å². The summed E-state index contributed by atoms with van der Waals surface area (Å²) in [6, 6.07) is 10.4. The second kappa shape index (κ2) is 13.8. The lowest BCUT2D eigenvalue weighted by Gasteiger charge is -2.33. The standard InChI is InChI=1S/C32H37F3N8OS2/c1-3-46(44)42-13-10-40(11-14-42)12-15-43-25(19-36)16-27-22(2)23(4-5-29(27)43)20-41-8-6-24(7-9-41)39-30-28-17-26(18-32(33,34)35)45-31(28)38-21-37-30/h3-5,16-17,21,24H,1,6-15,18,20H2,2H3,(H,37,38,39). The monoisotopic (exact) mass is 670 g/mol. The molecule has 5 heterocycles. The fraction of sp³-hybridized carbons (Fsp3) is 0.469. The van der Waals surface area contributed by atoms with Crippen molar-refractivity contribution >= 4 is 49.3 Å². The molecule has 2 saturated heterocycles. The van der Waals surface area contributed by atoms with Crippen molar-refractivity contribution in [2.75, 3.05) is 51.1 Å². The largest absolute Gasteiger partial charge is 0.393 e. The van der Waals surface area contributed by atoms with Crippen molar-refractivity contribution in [3.05, 3.63) is 64.3 Å². The van der Waals surface area contributed by atoms with E-state index in [0.29, 0.717) is 28.3 Å². The van der Waals surface area contributed by atoms with Crippen LogP contribution in [-0.2, 0) is 30.5 Å². The number of fused-ring (bicyclic) bond motifs is 2. The van der Waals surface area contributed by atoms with Crippen LogP contribution in [0.15, 0.2) is 42.6 Å². The van der Waals surface area contributed by atoms with Crippen molar-refractivity contribution in [2.45, 2.75) is 51.5 Å². The third kappa shape index (κ3) is 7.29. The van der Waals surface area contributed by atoms with Crippen LogP contribution in [0, 0.1) is 18.3 Å². The number of benzene rings is 1. The minimum absolute atomic E-state index is 0.170.